The Morgan fingerprint density at radius 3 is 2.59 bits per heavy atom. The van der Waals surface area contributed by atoms with Gasteiger partial charge in [0.25, 0.3) is 0 Å². The minimum Gasteiger partial charge on any atom is -0.359 e. The van der Waals surface area contributed by atoms with Crippen molar-refractivity contribution < 1.29 is 9.84 Å². The molecule has 4 rings (SSSR count). The number of rotatable bonds is 6. The molecule has 0 radical (unpaired) electrons. The minimum absolute atomic E-state index is 0.0788. The highest BCUT2D eigenvalue weighted by Gasteiger charge is 2.23. The first-order valence-electron chi connectivity index (χ1n) is 10.4. The third-order valence-corrected chi connectivity index (χ3v) is 6.04. The quantitative estimate of drug-likeness (QED) is 0.329. The van der Waals surface area contributed by atoms with Crippen molar-refractivity contribution in [2.24, 2.45) is 0 Å². The van der Waals surface area contributed by atoms with E-state index in [1.165, 1.54) is 7.11 Å². The van der Waals surface area contributed by atoms with Crippen molar-refractivity contribution in [2.75, 3.05) is 7.11 Å². The Kier molecular flexibility index (Phi) is 6.68. The second-order valence-corrected chi connectivity index (χ2v) is 8.44. The molecule has 1 heterocycles. The summed E-state index contributed by atoms with van der Waals surface area (Å²) < 4.78 is 7.17. The van der Waals surface area contributed by atoms with Gasteiger partial charge in [-0.15, -0.1) is 0 Å². The number of hydrogen-bond donors (Lipinski definition) is 1. The number of aryl methyl sites for hydroxylation is 1. The van der Waals surface area contributed by atoms with Crippen LogP contribution in [0, 0.1) is 0 Å². The van der Waals surface area contributed by atoms with E-state index in [1.54, 1.807) is 18.2 Å². The lowest BCUT2D eigenvalue weighted by Crippen LogP contribution is -2.27. The molecule has 0 bridgehead atoms. The molecular formula is C26H24Cl2N2O2. The molecule has 32 heavy (non-hydrogen) atoms. The van der Waals surface area contributed by atoms with Crippen LogP contribution in [0.15, 0.2) is 73.0 Å². The van der Waals surface area contributed by atoms with E-state index < -0.39 is 5.79 Å². The first kappa shape index (κ1) is 22.6. The minimum atomic E-state index is -1.32. The Bertz CT molecular complexity index is 1200. The molecule has 0 aliphatic heterocycles. The number of allylic oxidation sites excluding steroid dienone is 2. The predicted molar refractivity (Wildman–Crippen MR) is 132 cm³/mol. The van der Waals surface area contributed by atoms with E-state index in [0.29, 0.717) is 10.0 Å². The summed E-state index contributed by atoms with van der Waals surface area (Å²) in [7, 11) is 1.48. The summed E-state index contributed by atoms with van der Waals surface area (Å²) in [5.74, 6) is -0.396. The monoisotopic (exact) mass is 466 g/mol. The van der Waals surface area contributed by atoms with E-state index in [2.05, 4.69) is 29.7 Å². The molecule has 0 unspecified atom stereocenters. The molecule has 0 fully saturated rings. The smallest absolute Gasteiger partial charge is 0.205 e. The van der Waals surface area contributed by atoms with Gasteiger partial charge in [-0.2, -0.15) is 0 Å². The van der Waals surface area contributed by atoms with Crippen molar-refractivity contribution >= 4 is 35.4 Å². The van der Waals surface area contributed by atoms with Crippen LogP contribution < -0.4 is 0 Å². The van der Waals surface area contributed by atoms with Gasteiger partial charge in [-0.3, -0.25) is 0 Å². The average molecular weight is 467 g/mol. The fourth-order valence-electron chi connectivity index (χ4n) is 3.65. The van der Waals surface area contributed by atoms with Gasteiger partial charge in [0.2, 0.25) is 5.79 Å². The van der Waals surface area contributed by atoms with Gasteiger partial charge in [0.15, 0.2) is 0 Å². The Hall–Kier alpha value is -2.63. The summed E-state index contributed by atoms with van der Waals surface area (Å²) in [6.45, 7) is 2.87. The van der Waals surface area contributed by atoms with Crippen molar-refractivity contribution in [1.29, 1.82) is 0 Å². The number of nitrogens with zero attached hydrogens (tertiary/aromatic N) is 2. The molecule has 0 amide bonds. The average Bonchev–Trinajstić information content (AvgIpc) is 3.21. The van der Waals surface area contributed by atoms with Crippen LogP contribution in [0.5, 0.6) is 0 Å². The SMILES string of the molecule is CCn1cc(-c2ccc(Cl)cc2Cl)nc1/C=C/c1cccc(C2C=CC(O)(OC)C=C2)c1. The number of halogens is 2. The zero-order chi connectivity index (χ0) is 22.7. The third kappa shape index (κ3) is 4.89. The lowest BCUT2D eigenvalue weighted by molar-refractivity contribution is -0.107. The maximum Gasteiger partial charge on any atom is 0.205 e. The van der Waals surface area contributed by atoms with Gasteiger partial charge in [0.05, 0.1) is 10.7 Å². The topological polar surface area (TPSA) is 47.3 Å². The van der Waals surface area contributed by atoms with Gasteiger partial charge in [-0.1, -0.05) is 65.7 Å². The third-order valence-electron chi connectivity index (χ3n) is 5.49. The standard InChI is InChI=1S/C26H24Cl2N2O2/c1-3-30-17-24(22-9-8-21(27)16-23(22)28)29-25(30)10-7-18-5-4-6-20(15-18)19-11-13-26(31,32-2)14-12-19/h4-17,19,31H,3H2,1-2H3/b10-7+. The summed E-state index contributed by atoms with van der Waals surface area (Å²) in [4.78, 5) is 4.78. The van der Waals surface area contributed by atoms with E-state index in [4.69, 9.17) is 32.9 Å². The van der Waals surface area contributed by atoms with Gasteiger partial charge < -0.3 is 14.4 Å². The lowest BCUT2D eigenvalue weighted by atomic mass is 9.92. The highest BCUT2D eigenvalue weighted by molar-refractivity contribution is 6.36. The summed E-state index contributed by atoms with van der Waals surface area (Å²) >= 11 is 12.4. The van der Waals surface area contributed by atoms with E-state index >= 15 is 0 Å². The van der Waals surface area contributed by atoms with Crippen molar-refractivity contribution in [3.8, 4) is 11.3 Å². The van der Waals surface area contributed by atoms with Crippen LogP contribution in [0.3, 0.4) is 0 Å². The fraction of sp³-hybridized carbons (Fsp3) is 0.192. The molecule has 1 N–H and O–H groups in total. The van der Waals surface area contributed by atoms with Gasteiger partial charge >= 0.3 is 0 Å². The van der Waals surface area contributed by atoms with Gasteiger partial charge in [-0.25, -0.2) is 4.98 Å². The number of aromatic nitrogens is 2. The maximum absolute atomic E-state index is 10.1. The van der Waals surface area contributed by atoms with Gasteiger partial charge in [0.1, 0.15) is 5.82 Å². The van der Waals surface area contributed by atoms with E-state index in [9.17, 15) is 5.11 Å². The normalized spacial score (nSPS) is 20.3. The first-order valence-corrected chi connectivity index (χ1v) is 11.1. The molecule has 1 aliphatic carbocycles. The number of imidazole rings is 1. The van der Waals surface area contributed by atoms with Crippen LogP contribution in [-0.4, -0.2) is 27.6 Å². The number of aliphatic hydroxyl groups is 1. The van der Waals surface area contributed by atoms with Crippen LogP contribution >= 0.6 is 23.2 Å². The molecule has 164 valence electrons. The molecule has 0 spiro atoms. The largest absolute Gasteiger partial charge is 0.359 e. The zero-order valence-corrected chi connectivity index (χ0v) is 19.4. The predicted octanol–water partition coefficient (Wildman–Crippen LogP) is 6.59. The molecule has 4 nitrogen and oxygen atoms in total. The van der Waals surface area contributed by atoms with Crippen LogP contribution in [0.4, 0.5) is 0 Å². The summed E-state index contributed by atoms with van der Waals surface area (Å²) in [5, 5.41) is 11.3. The summed E-state index contributed by atoms with van der Waals surface area (Å²) in [6, 6.07) is 13.7. The van der Waals surface area contributed by atoms with Crippen LogP contribution in [0.2, 0.25) is 10.0 Å². The Morgan fingerprint density at radius 1 is 1.12 bits per heavy atom. The van der Waals surface area contributed by atoms with Crippen molar-refractivity contribution in [2.45, 2.75) is 25.2 Å². The Morgan fingerprint density at radius 2 is 1.91 bits per heavy atom. The van der Waals surface area contributed by atoms with Crippen molar-refractivity contribution in [1.82, 2.24) is 9.55 Å². The first-order chi connectivity index (χ1) is 15.4. The number of hydrogen-bond acceptors (Lipinski definition) is 3. The number of benzene rings is 2. The van der Waals surface area contributed by atoms with Gasteiger partial charge in [-0.05, 0) is 54.5 Å². The van der Waals surface area contributed by atoms with Crippen LogP contribution in [0.25, 0.3) is 23.4 Å². The molecule has 2 aromatic carbocycles. The highest BCUT2D eigenvalue weighted by Crippen LogP contribution is 2.31. The van der Waals surface area contributed by atoms with E-state index in [-0.39, 0.29) is 5.92 Å². The lowest BCUT2D eigenvalue weighted by Gasteiger charge is -2.24. The van der Waals surface area contributed by atoms with E-state index in [1.807, 2.05) is 48.7 Å². The second-order valence-electron chi connectivity index (χ2n) is 7.60. The summed E-state index contributed by atoms with van der Waals surface area (Å²) in [6.07, 6.45) is 13.3. The molecule has 1 aromatic heterocycles. The molecule has 3 aromatic rings. The Labute approximate surface area is 198 Å². The Balaban J connectivity index is 1.58. The molecule has 0 saturated carbocycles. The van der Waals surface area contributed by atoms with Gasteiger partial charge in [0, 0.05) is 36.4 Å². The number of methoxy groups -OCH3 is 1. The van der Waals surface area contributed by atoms with Crippen molar-refractivity contribution in [3.63, 3.8) is 0 Å². The molecular weight excluding hydrogens is 443 g/mol. The molecule has 0 atom stereocenters. The van der Waals surface area contributed by atoms with Crippen molar-refractivity contribution in [3.05, 3.63) is 100.0 Å². The molecule has 6 heteroatoms. The fourth-order valence-corrected chi connectivity index (χ4v) is 4.15. The zero-order valence-electron chi connectivity index (χ0n) is 17.9. The van der Waals surface area contributed by atoms with E-state index in [0.717, 1.165) is 34.8 Å². The van der Waals surface area contributed by atoms with Crippen LogP contribution in [0.1, 0.15) is 29.8 Å². The summed E-state index contributed by atoms with van der Waals surface area (Å²) in [5.41, 5.74) is 3.86. The van der Waals surface area contributed by atoms with Crippen LogP contribution in [-0.2, 0) is 11.3 Å². The second kappa shape index (κ2) is 9.47. The highest BCUT2D eigenvalue weighted by atomic mass is 35.5. The molecule has 0 saturated heterocycles. The molecule has 1 aliphatic rings. The number of ether oxygens (including phenoxy) is 1. The maximum atomic E-state index is 10.1.